The van der Waals surface area contributed by atoms with Crippen molar-refractivity contribution in [2.45, 2.75) is 26.2 Å². The third-order valence-electron chi connectivity index (χ3n) is 1.72. The summed E-state index contributed by atoms with van der Waals surface area (Å²) in [6.45, 7) is 2.10. The Morgan fingerprint density at radius 2 is 1.91 bits per heavy atom. The van der Waals surface area contributed by atoms with E-state index in [0.29, 0.717) is 0 Å². The minimum Gasteiger partial charge on any atom is -0.0847 e. The average molecular weight is 169 g/mol. The molecule has 0 heterocycles. The van der Waals surface area contributed by atoms with Gasteiger partial charge in [0.25, 0.3) is 0 Å². The van der Waals surface area contributed by atoms with Crippen LogP contribution in [0.3, 0.4) is 0 Å². The van der Waals surface area contributed by atoms with Gasteiger partial charge in [-0.25, -0.2) is 0 Å². The van der Waals surface area contributed by atoms with Gasteiger partial charge in [-0.15, -0.1) is 0 Å². The topological polar surface area (TPSA) is 0 Å². The molecule has 0 saturated carbocycles. The van der Waals surface area contributed by atoms with E-state index in [1.165, 1.54) is 12.0 Å². The van der Waals surface area contributed by atoms with E-state index < -0.39 is 0 Å². The van der Waals surface area contributed by atoms with Gasteiger partial charge in [0.1, 0.15) is 0 Å². The molecule has 1 rings (SSSR count). The van der Waals surface area contributed by atoms with Crippen molar-refractivity contribution in [2.75, 3.05) is 0 Å². The van der Waals surface area contributed by atoms with Gasteiger partial charge >= 0.3 is 0 Å². The van der Waals surface area contributed by atoms with E-state index in [-0.39, 0.29) is 0 Å². The Morgan fingerprint density at radius 3 is 2.73 bits per heavy atom. The van der Waals surface area contributed by atoms with Gasteiger partial charge in [-0.1, -0.05) is 35.4 Å². The molecule has 0 aromatic heterocycles. The summed E-state index contributed by atoms with van der Waals surface area (Å²) in [6, 6.07) is 0. The summed E-state index contributed by atoms with van der Waals surface area (Å²) < 4.78 is 0. The predicted octanol–water partition coefficient (Wildman–Crippen LogP) is 3.80. The molecule has 1 aliphatic rings. The predicted molar refractivity (Wildman–Crippen MR) is 50.7 cm³/mol. The second-order valence-electron chi connectivity index (χ2n) is 2.80. The molecule has 0 nitrogen and oxygen atoms in total. The summed E-state index contributed by atoms with van der Waals surface area (Å²) >= 11 is 5.88. The molecular formula is C10H13Cl. The largest absolute Gasteiger partial charge is 0.0847 e. The molecular weight excluding hydrogens is 156 g/mol. The van der Waals surface area contributed by atoms with Crippen LogP contribution in [0.25, 0.3) is 0 Å². The first-order valence-electron chi connectivity index (χ1n) is 3.99. The number of hydrogen-bond acceptors (Lipinski definition) is 0. The van der Waals surface area contributed by atoms with Crippen LogP contribution >= 0.6 is 11.6 Å². The molecule has 0 bridgehead atoms. The van der Waals surface area contributed by atoms with Crippen LogP contribution in [0, 0.1) is 0 Å². The lowest BCUT2D eigenvalue weighted by atomic mass is 10.2. The second-order valence-corrected chi connectivity index (χ2v) is 3.24. The van der Waals surface area contributed by atoms with Gasteiger partial charge in [0.15, 0.2) is 0 Å². The Morgan fingerprint density at radius 1 is 1.18 bits per heavy atom. The Bertz CT molecular complexity index is 187. The van der Waals surface area contributed by atoms with Gasteiger partial charge in [0, 0.05) is 5.03 Å². The second kappa shape index (κ2) is 4.40. The van der Waals surface area contributed by atoms with Crippen molar-refractivity contribution in [2.24, 2.45) is 0 Å². The summed E-state index contributed by atoms with van der Waals surface area (Å²) in [4.78, 5) is 0. The molecule has 0 aromatic rings. The molecule has 0 fully saturated rings. The zero-order chi connectivity index (χ0) is 8.10. The lowest BCUT2D eigenvalue weighted by molar-refractivity contribution is 0.865. The molecule has 0 saturated heterocycles. The maximum Gasteiger partial charge on any atom is 0.0366 e. The summed E-state index contributed by atoms with van der Waals surface area (Å²) in [6.07, 6.45) is 11.8. The van der Waals surface area contributed by atoms with E-state index in [1.54, 1.807) is 0 Å². The van der Waals surface area contributed by atoms with Gasteiger partial charge in [-0.2, -0.15) is 0 Å². The van der Waals surface area contributed by atoms with Crippen LogP contribution in [-0.4, -0.2) is 0 Å². The van der Waals surface area contributed by atoms with Crippen molar-refractivity contribution in [3.63, 3.8) is 0 Å². The Hall–Kier alpha value is -0.490. The molecule has 0 atom stereocenters. The van der Waals surface area contributed by atoms with E-state index in [0.717, 1.165) is 17.9 Å². The Kier molecular flexibility index (Phi) is 3.44. The summed E-state index contributed by atoms with van der Waals surface area (Å²) in [5.41, 5.74) is 1.30. The molecule has 0 unspecified atom stereocenters. The molecule has 0 spiro atoms. The van der Waals surface area contributed by atoms with E-state index in [2.05, 4.69) is 25.2 Å². The normalized spacial score (nSPS) is 24.2. The van der Waals surface area contributed by atoms with Crippen LogP contribution in [0.5, 0.6) is 0 Å². The SMILES string of the molecule is CC1=CCCC/C=C(\Cl)C=C1. The Labute approximate surface area is 73.3 Å². The van der Waals surface area contributed by atoms with Crippen molar-refractivity contribution in [3.8, 4) is 0 Å². The lowest BCUT2D eigenvalue weighted by Gasteiger charge is -1.90. The van der Waals surface area contributed by atoms with Crippen molar-refractivity contribution >= 4 is 11.6 Å². The quantitative estimate of drug-likeness (QED) is 0.516. The average Bonchev–Trinajstić information content (AvgIpc) is 2.06. The molecule has 0 amide bonds. The minimum atomic E-state index is 0.861. The molecule has 60 valence electrons. The van der Waals surface area contributed by atoms with Crippen LogP contribution in [0.1, 0.15) is 26.2 Å². The van der Waals surface area contributed by atoms with Crippen LogP contribution in [0.15, 0.2) is 34.9 Å². The van der Waals surface area contributed by atoms with Gasteiger partial charge in [0.05, 0.1) is 0 Å². The highest BCUT2D eigenvalue weighted by atomic mass is 35.5. The Balaban J connectivity index is 2.70. The molecule has 0 aromatic carbocycles. The van der Waals surface area contributed by atoms with Gasteiger partial charge in [0.2, 0.25) is 0 Å². The molecule has 0 N–H and O–H groups in total. The summed E-state index contributed by atoms with van der Waals surface area (Å²) in [5.74, 6) is 0. The number of allylic oxidation sites excluding steroid dienone is 6. The third kappa shape index (κ3) is 3.43. The van der Waals surface area contributed by atoms with E-state index in [9.17, 15) is 0 Å². The first-order chi connectivity index (χ1) is 5.29. The zero-order valence-electron chi connectivity index (χ0n) is 6.81. The van der Waals surface area contributed by atoms with E-state index >= 15 is 0 Å². The van der Waals surface area contributed by atoms with Crippen LogP contribution in [-0.2, 0) is 0 Å². The monoisotopic (exact) mass is 168 g/mol. The van der Waals surface area contributed by atoms with Crippen molar-refractivity contribution < 1.29 is 0 Å². The molecule has 11 heavy (non-hydrogen) atoms. The summed E-state index contributed by atoms with van der Waals surface area (Å²) in [7, 11) is 0. The highest BCUT2D eigenvalue weighted by molar-refractivity contribution is 6.31. The number of hydrogen-bond donors (Lipinski definition) is 0. The maximum absolute atomic E-state index is 5.88. The molecule has 0 radical (unpaired) electrons. The fourth-order valence-corrected chi connectivity index (χ4v) is 1.21. The first kappa shape index (κ1) is 8.61. The first-order valence-corrected chi connectivity index (χ1v) is 4.37. The fourth-order valence-electron chi connectivity index (χ4n) is 1.03. The van der Waals surface area contributed by atoms with Crippen LogP contribution < -0.4 is 0 Å². The molecule has 0 aliphatic heterocycles. The number of halogens is 1. The van der Waals surface area contributed by atoms with Crippen LogP contribution in [0.2, 0.25) is 0 Å². The lowest BCUT2D eigenvalue weighted by Crippen LogP contribution is -1.70. The van der Waals surface area contributed by atoms with Crippen LogP contribution in [0.4, 0.5) is 0 Å². The van der Waals surface area contributed by atoms with Crippen molar-refractivity contribution in [1.29, 1.82) is 0 Å². The highest BCUT2D eigenvalue weighted by Gasteiger charge is 1.90. The van der Waals surface area contributed by atoms with Gasteiger partial charge < -0.3 is 0 Å². The summed E-state index contributed by atoms with van der Waals surface area (Å²) in [5, 5.41) is 0.861. The number of rotatable bonds is 0. The van der Waals surface area contributed by atoms with E-state index in [4.69, 9.17) is 11.6 Å². The molecule has 1 heteroatoms. The third-order valence-corrected chi connectivity index (χ3v) is 2.00. The van der Waals surface area contributed by atoms with Gasteiger partial charge in [-0.05, 0) is 32.3 Å². The van der Waals surface area contributed by atoms with Crippen molar-refractivity contribution in [3.05, 3.63) is 34.9 Å². The highest BCUT2D eigenvalue weighted by Crippen LogP contribution is 2.12. The van der Waals surface area contributed by atoms with E-state index in [1.807, 2.05) is 6.08 Å². The smallest absolute Gasteiger partial charge is 0.0366 e. The zero-order valence-corrected chi connectivity index (χ0v) is 7.56. The molecule has 1 aliphatic carbocycles. The maximum atomic E-state index is 5.88. The fraction of sp³-hybridized carbons (Fsp3) is 0.400. The standard InChI is InChI=1S/C10H13Cl/c1-9-5-3-2-4-6-10(11)8-7-9/h5-8H,2-4H2,1H3/b8-7?,9-5?,10-6-. The van der Waals surface area contributed by atoms with Gasteiger partial charge in [-0.3, -0.25) is 0 Å². The minimum absolute atomic E-state index is 0.861. The van der Waals surface area contributed by atoms with Crippen molar-refractivity contribution in [1.82, 2.24) is 0 Å².